The van der Waals surface area contributed by atoms with Gasteiger partial charge in [-0.1, -0.05) is 17.7 Å². The number of fused-ring (bicyclic) bond motifs is 2. The number of carbonyl (C=O) groups is 1. The van der Waals surface area contributed by atoms with E-state index < -0.39 is 10.0 Å². The van der Waals surface area contributed by atoms with Gasteiger partial charge in [-0.2, -0.15) is 4.31 Å². The van der Waals surface area contributed by atoms with Gasteiger partial charge in [0.1, 0.15) is 0 Å². The van der Waals surface area contributed by atoms with Crippen LogP contribution in [0.15, 0.2) is 12.1 Å². The molecule has 0 N–H and O–H groups in total. The second kappa shape index (κ2) is 7.26. The lowest BCUT2D eigenvalue weighted by molar-refractivity contribution is 0.0769. The van der Waals surface area contributed by atoms with Crippen LogP contribution in [0, 0.1) is 6.92 Å². The van der Waals surface area contributed by atoms with Crippen LogP contribution >= 0.6 is 11.6 Å². The van der Waals surface area contributed by atoms with Crippen LogP contribution in [0.4, 0.5) is 4.79 Å². The number of sulfonamides is 1. The Kier molecular flexibility index (Phi) is 5.49. The van der Waals surface area contributed by atoms with E-state index in [1.807, 2.05) is 19.9 Å². The zero-order valence-corrected chi connectivity index (χ0v) is 17.9. The Labute approximate surface area is 166 Å². The van der Waals surface area contributed by atoms with Gasteiger partial charge in [-0.15, -0.1) is 0 Å². The maximum Gasteiger partial charge on any atom is 0.409 e. The zero-order valence-electron chi connectivity index (χ0n) is 16.3. The summed E-state index contributed by atoms with van der Waals surface area (Å²) >= 11 is 6.36. The van der Waals surface area contributed by atoms with E-state index in [1.165, 1.54) is 11.8 Å². The third kappa shape index (κ3) is 3.69. The van der Waals surface area contributed by atoms with Gasteiger partial charge in [0.2, 0.25) is 10.0 Å². The van der Waals surface area contributed by atoms with Crippen LogP contribution in [0.3, 0.4) is 0 Å². The number of nitrogens with zero attached hydrogens (tertiary/aromatic N) is 2. The highest BCUT2D eigenvalue weighted by molar-refractivity contribution is 7.88. The minimum atomic E-state index is -3.37. The Hall–Kier alpha value is -1.31. The number of benzene rings is 1. The Balaban J connectivity index is 2.01. The van der Waals surface area contributed by atoms with Gasteiger partial charge in [-0.05, 0) is 56.4 Å². The molecule has 1 atom stereocenters. The van der Waals surface area contributed by atoms with Crippen LogP contribution in [0.5, 0.6) is 0 Å². The molecule has 2 aliphatic rings. The van der Waals surface area contributed by atoms with Crippen molar-refractivity contribution in [2.24, 2.45) is 0 Å². The Morgan fingerprint density at radius 1 is 1.33 bits per heavy atom. The summed E-state index contributed by atoms with van der Waals surface area (Å²) in [6.45, 7) is 7.54. The summed E-state index contributed by atoms with van der Waals surface area (Å²) in [5.41, 5.74) is 2.80. The predicted octanol–water partition coefficient (Wildman–Crippen LogP) is 3.47. The molecule has 1 spiro atoms. The van der Waals surface area contributed by atoms with Crippen LogP contribution in [0.1, 0.15) is 49.4 Å². The number of piperidine rings is 1. The predicted molar refractivity (Wildman–Crippen MR) is 106 cm³/mol. The fourth-order valence-electron chi connectivity index (χ4n) is 4.34. The number of rotatable bonds is 2. The zero-order chi connectivity index (χ0) is 20.0. The molecule has 0 radical (unpaired) electrons. The summed E-state index contributed by atoms with van der Waals surface area (Å²) in [6, 6.07) is 3.75. The maximum absolute atomic E-state index is 12.5. The van der Waals surface area contributed by atoms with Crippen molar-refractivity contribution in [2.75, 3.05) is 32.5 Å². The Morgan fingerprint density at radius 3 is 2.52 bits per heavy atom. The fraction of sp³-hybridized carbons (Fsp3) is 0.632. The molecule has 27 heavy (non-hydrogen) atoms. The summed E-state index contributed by atoms with van der Waals surface area (Å²) in [7, 11) is -3.37. The highest BCUT2D eigenvalue weighted by atomic mass is 35.5. The average Bonchev–Trinajstić information content (AvgIpc) is 2.60. The average molecular weight is 415 g/mol. The van der Waals surface area contributed by atoms with Crippen molar-refractivity contribution in [3.63, 3.8) is 0 Å². The van der Waals surface area contributed by atoms with Gasteiger partial charge < -0.3 is 9.64 Å². The number of hydrogen-bond acceptors (Lipinski definition) is 4. The topological polar surface area (TPSA) is 66.9 Å². The van der Waals surface area contributed by atoms with E-state index in [9.17, 15) is 13.2 Å². The minimum Gasteiger partial charge on any atom is -0.450 e. The molecule has 1 aromatic rings. The SMILES string of the molecule is CCOC(=O)N1CCC2(CC1)CN(S(C)(=O)=O)[C@@H](C)c1cc(Cl)c(C)cc12. The van der Waals surface area contributed by atoms with Crippen molar-refractivity contribution in [1.82, 2.24) is 9.21 Å². The van der Waals surface area contributed by atoms with E-state index in [0.717, 1.165) is 11.1 Å². The van der Waals surface area contributed by atoms with E-state index in [0.29, 0.717) is 44.1 Å². The first-order valence-electron chi connectivity index (χ1n) is 9.28. The van der Waals surface area contributed by atoms with Crippen LogP contribution in [0.25, 0.3) is 0 Å². The van der Waals surface area contributed by atoms with E-state index >= 15 is 0 Å². The standard InChI is InChI=1S/C19H27ClN2O4S/c1-5-26-18(23)21-8-6-19(7-9-21)12-22(27(4,24)25)14(3)15-11-17(20)13(2)10-16(15)19/h10-11,14H,5-9,12H2,1-4H3/t14-/m0/s1. The molecule has 150 valence electrons. The van der Waals surface area contributed by atoms with Crippen molar-refractivity contribution >= 4 is 27.7 Å². The lowest BCUT2D eigenvalue weighted by atomic mass is 9.68. The molecular formula is C19H27ClN2O4S. The second-order valence-electron chi connectivity index (χ2n) is 7.64. The molecule has 0 saturated carbocycles. The normalized spacial score (nSPS) is 22.6. The molecule has 0 aliphatic carbocycles. The largest absolute Gasteiger partial charge is 0.450 e. The van der Waals surface area contributed by atoms with Crippen LogP contribution in [-0.2, 0) is 20.2 Å². The molecule has 1 saturated heterocycles. The Bertz CT molecular complexity index is 848. The first kappa shape index (κ1) is 20.4. The van der Waals surface area contributed by atoms with Gasteiger partial charge in [-0.25, -0.2) is 13.2 Å². The van der Waals surface area contributed by atoms with E-state index in [1.54, 1.807) is 16.1 Å². The molecule has 8 heteroatoms. The minimum absolute atomic E-state index is 0.262. The molecule has 0 bridgehead atoms. The second-order valence-corrected chi connectivity index (χ2v) is 9.98. The number of likely N-dealkylation sites (tertiary alicyclic amines) is 1. The van der Waals surface area contributed by atoms with Crippen molar-refractivity contribution in [3.8, 4) is 0 Å². The number of halogens is 1. The molecule has 0 aromatic heterocycles. The van der Waals surface area contributed by atoms with E-state index in [2.05, 4.69) is 6.07 Å². The van der Waals surface area contributed by atoms with Gasteiger partial charge in [0.15, 0.2) is 0 Å². The van der Waals surface area contributed by atoms with Crippen LogP contribution in [-0.4, -0.2) is 56.2 Å². The molecule has 2 aliphatic heterocycles. The number of carbonyl (C=O) groups excluding carboxylic acids is 1. The highest BCUT2D eigenvalue weighted by Gasteiger charge is 2.47. The van der Waals surface area contributed by atoms with Crippen molar-refractivity contribution in [2.45, 2.75) is 45.1 Å². The van der Waals surface area contributed by atoms with E-state index in [4.69, 9.17) is 16.3 Å². The number of ether oxygens (including phenoxy) is 1. The maximum atomic E-state index is 12.5. The first-order chi connectivity index (χ1) is 12.6. The van der Waals surface area contributed by atoms with Gasteiger partial charge in [0, 0.05) is 36.1 Å². The lowest BCUT2D eigenvalue weighted by Gasteiger charge is -2.50. The van der Waals surface area contributed by atoms with Gasteiger partial charge in [-0.3, -0.25) is 0 Å². The fourth-order valence-corrected chi connectivity index (χ4v) is 5.68. The summed E-state index contributed by atoms with van der Waals surface area (Å²) in [4.78, 5) is 13.8. The van der Waals surface area contributed by atoms with E-state index in [-0.39, 0.29) is 17.6 Å². The van der Waals surface area contributed by atoms with Gasteiger partial charge in [0.25, 0.3) is 0 Å². The molecule has 1 aromatic carbocycles. The van der Waals surface area contributed by atoms with Gasteiger partial charge in [0.05, 0.1) is 12.9 Å². The smallest absolute Gasteiger partial charge is 0.409 e. The van der Waals surface area contributed by atoms with Crippen molar-refractivity contribution in [1.29, 1.82) is 0 Å². The van der Waals surface area contributed by atoms with Crippen molar-refractivity contribution in [3.05, 3.63) is 33.8 Å². The highest BCUT2D eigenvalue weighted by Crippen LogP contribution is 2.47. The molecule has 1 fully saturated rings. The summed E-state index contributed by atoms with van der Waals surface area (Å²) in [5.74, 6) is 0. The van der Waals surface area contributed by atoms with Crippen LogP contribution in [0.2, 0.25) is 5.02 Å². The molecule has 6 nitrogen and oxygen atoms in total. The first-order valence-corrected chi connectivity index (χ1v) is 11.5. The number of hydrogen-bond donors (Lipinski definition) is 0. The summed E-state index contributed by atoms with van der Waals surface area (Å²) in [5, 5.41) is 0.648. The number of amides is 1. The molecule has 1 amide bonds. The van der Waals surface area contributed by atoms with Gasteiger partial charge >= 0.3 is 6.09 Å². The third-order valence-corrected chi connectivity index (χ3v) is 7.62. The molecule has 3 rings (SSSR count). The number of aryl methyl sites for hydroxylation is 1. The summed E-state index contributed by atoms with van der Waals surface area (Å²) < 4.78 is 31.6. The van der Waals surface area contributed by atoms with Crippen LogP contribution < -0.4 is 0 Å². The molecular weight excluding hydrogens is 388 g/mol. The van der Waals surface area contributed by atoms with Crippen molar-refractivity contribution < 1.29 is 17.9 Å². The third-order valence-electron chi connectivity index (χ3n) is 5.92. The monoisotopic (exact) mass is 414 g/mol. The quantitative estimate of drug-likeness (QED) is 0.743. The lowest BCUT2D eigenvalue weighted by Crippen LogP contribution is -2.54. The molecule has 0 unspecified atom stereocenters. The molecule has 2 heterocycles. The Morgan fingerprint density at radius 2 is 1.96 bits per heavy atom. The summed E-state index contributed by atoms with van der Waals surface area (Å²) in [6.07, 6.45) is 2.34.